The van der Waals surface area contributed by atoms with Gasteiger partial charge in [-0.2, -0.15) is 4.98 Å². The van der Waals surface area contributed by atoms with E-state index in [0.717, 1.165) is 11.4 Å². The van der Waals surface area contributed by atoms with Crippen molar-refractivity contribution >= 4 is 16.9 Å². The number of nitrogens with zero attached hydrogens (tertiary/aromatic N) is 5. The van der Waals surface area contributed by atoms with Crippen LogP contribution < -0.4 is 16.0 Å². The number of rotatable bonds is 4. The Morgan fingerprint density at radius 2 is 1.89 bits per heavy atom. The van der Waals surface area contributed by atoms with Crippen LogP contribution in [0.15, 0.2) is 40.1 Å². The highest BCUT2D eigenvalue weighted by Gasteiger charge is 2.22. The Bertz CT molecular complexity index is 1320. The van der Waals surface area contributed by atoms with E-state index in [-0.39, 0.29) is 17.2 Å². The Morgan fingerprint density at radius 1 is 1.18 bits per heavy atom. The molecule has 3 heterocycles. The van der Waals surface area contributed by atoms with Crippen molar-refractivity contribution in [3.63, 3.8) is 0 Å². The lowest BCUT2D eigenvalue weighted by Crippen LogP contribution is -2.40. The van der Waals surface area contributed by atoms with Gasteiger partial charge < -0.3 is 4.74 Å². The zero-order chi connectivity index (χ0) is 20.2. The molecule has 3 aromatic heterocycles. The minimum absolute atomic E-state index is 0.172. The number of aryl methyl sites for hydroxylation is 2. The molecule has 0 amide bonds. The average Bonchev–Trinajstić information content (AvgIpc) is 3.17. The lowest BCUT2D eigenvalue weighted by molar-refractivity contribution is 0.413. The molecule has 0 N–H and O–H groups in total. The van der Waals surface area contributed by atoms with Crippen molar-refractivity contribution < 1.29 is 4.74 Å². The zero-order valence-electron chi connectivity index (χ0n) is 16.6. The number of ether oxygens (including phenoxy) is 1. The Balaban J connectivity index is 2.13. The quantitative estimate of drug-likeness (QED) is 0.543. The number of aromatic nitrogens is 5. The number of imidazole rings is 2. The van der Waals surface area contributed by atoms with E-state index in [1.807, 2.05) is 55.8 Å². The highest BCUT2D eigenvalue weighted by Crippen LogP contribution is 2.27. The molecule has 0 radical (unpaired) electrons. The van der Waals surface area contributed by atoms with Gasteiger partial charge in [0.15, 0.2) is 11.2 Å². The summed E-state index contributed by atoms with van der Waals surface area (Å²) >= 11 is 0. The van der Waals surface area contributed by atoms with E-state index in [0.29, 0.717) is 29.2 Å². The van der Waals surface area contributed by atoms with Gasteiger partial charge in [0, 0.05) is 25.5 Å². The number of methoxy groups -OCH3 is 1. The second-order valence-electron chi connectivity index (χ2n) is 7.38. The maximum Gasteiger partial charge on any atom is 0.332 e. The van der Waals surface area contributed by atoms with Crippen molar-refractivity contribution in [2.45, 2.75) is 27.3 Å². The summed E-state index contributed by atoms with van der Waals surface area (Å²) in [6.07, 6.45) is 1.86. The standard InChI is InChI=1S/C20H23N5O3/c1-12(2)10-24-18(26)16-17(22(4)20(24)27)21-19-23(16)11-13(3)25(19)14-8-6-7-9-15(14)28-5/h6-9,11-12H,10H2,1-5H3. The van der Waals surface area contributed by atoms with E-state index in [2.05, 4.69) is 4.98 Å². The zero-order valence-corrected chi connectivity index (χ0v) is 16.6. The Labute approximate surface area is 161 Å². The normalized spacial score (nSPS) is 11.8. The van der Waals surface area contributed by atoms with Gasteiger partial charge >= 0.3 is 5.69 Å². The van der Waals surface area contributed by atoms with Crippen LogP contribution in [0.2, 0.25) is 0 Å². The van der Waals surface area contributed by atoms with Crippen molar-refractivity contribution in [3.8, 4) is 11.4 Å². The third-order valence-corrected chi connectivity index (χ3v) is 4.90. The van der Waals surface area contributed by atoms with E-state index >= 15 is 0 Å². The number of hydrogen-bond donors (Lipinski definition) is 0. The molecule has 0 aliphatic heterocycles. The molecule has 4 rings (SSSR count). The highest BCUT2D eigenvalue weighted by molar-refractivity contribution is 5.76. The van der Waals surface area contributed by atoms with Crippen LogP contribution in [0.3, 0.4) is 0 Å². The van der Waals surface area contributed by atoms with Crippen molar-refractivity contribution in [1.82, 2.24) is 23.1 Å². The molecular weight excluding hydrogens is 358 g/mol. The van der Waals surface area contributed by atoms with E-state index in [1.54, 1.807) is 18.6 Å². The molecule has 0 saturated heterocycles. The molecule has 0 saturated carbocycles. The molecule has 0 bridgehead atoms. The monoisotopic (exact) mass is 381 g/mol. The number of fused-ring (bicyclic) bond motifs is 3. The number of para-hydroxylation sites is 2. The van der Waals surface area contributed by atoms with Gasteiger partial charge in [-0.15, -0.1) is 0 Å². The minimum atomic E-state index is -0.354. The summed E-state index contributed by atoms with van der Waals surface area (Å²) in [7, 11) is 3.26. The van der Waals surface area contributed by atoms with E-state index in [4.69, 9.17) is 4.74 Å². The van der Waals surface area contributed by atoms with Gasteiger partial charge in [-0.05, 0) is 25.0 Å². The SMILES string of the molecule is COc1ccccc1-n1c(C)cn2c3c(=O)n(CC(C)C)c(=O)n(C)c3nc12. The van der Waals surface area contributed by atoms with Gasteiger partial charge in [-0.3, -0.25) is 22.9 Å². The predicted molar refractivity (Wildman–Crippen MR) is 108 cm³/mol. The van der Waals surface area contributed by atoms with Gasteiger partial charge in [0.25, 0.3) is 5.56 Å². The molecule has 1 aromatic carbocycles. The number of hydrogen-bond acceptors (Lipinski definition) is 4. The van der Waals surface area contributed by atoms with Gasteiger partial charge in [-0.25, -0.2) is 4.79 Å². The lowest BCUT2D eigenvalue weighted by Gasteiger charge is -2.10. The van der Waals surface area contributed by atoms with Gasteiger partial charge in [0.1, 0.15) is 5.75 Å². The molecule has 146 valence electrons. The fourth-order valence-electron chi connectivity index (χ4n) is 3.65. The molecule has 0 unspecified atom stereocenters. The second kappa shape index (κ2) is 6.40. The molecular formula is C20H23N5O3. The van der Waals surface area contributed by atoms with Gasteiger partial charge in [0.05, 0.1) is 12.8 Å². The lowest BCUT2D eigenvalue weighted by atomic mass is 10.2. The first-order valence-electron chi connectivity index (χ1n) is 9.18. The predicted octanol–water partition coefficient (Wildman–Crippen LogP) is 2.11. The van der Waals surface area contributed by atoms with Crippen molar-refractivity contribution in [1.29, 1.82) is 0 Å². The summed E-state index contributed by atoms with van der Waals surface area (Å²) in [6, 6.07) is 7.62. The van der Waals surface area contributed by atoms with Crippen molar-refractivity contribution in [3.05, 3.63) is 57.0 Å². The molecule has 0 aliphatic carbocycles. The van der Waals surface area contributed by atoms with E-state index in [9.17, 15) is 9.59 Å². The first-order valence-corrected chi connectivity index (χ1v) is 9.18. The summed E-state index contributed by atoms with van der Waals surface area (Å²) in [4.78, 5) is 30.5. The van der Waals surface area contributed by atoms with Crippen LogP contribution in [0.25, 0.3) is 22.6 Å². The average molecular weight is 381 g/mol. The van der Waals surface area contributed by atoms with Crippen LogP contribution >= 0.6 is 0 Å². The van der Waals surface area contributed by atoms with Crippen molar-refractivity contribution in [2.24, 2.45) is 13.0 Å². The first kappa shape index (κ1) is 18.1. The second-order valence-corrected chi connectivity index (χ2v) is 7.38. The van der Waals surface area contributed by atoms with Gasteiger partial charge in [-0.1, -0.05) is 26.0 Å². The Kier molecular flexibility index (Phi) is 4.14. The van der Waals surface area contributed by atoms with E-state index < -0.39 is 0 Å². The van der Waals surface area contributed by atoms with Crippen LogP contribution in [0.1, 0.15) is 19.5 Å². The van der Waals surface area contributed by atoms with Crippen LogP contribution in [-0.2, 0) is 13.6 Å². The van der Waals surface area contributed by atoms with Crippen LogP contribution in [0.5, 0.6) is 5.75 Å². The molecule has 8 heteroatoms. The molecule has 28 heavy (non-hydrogen) atoms. The molecule has 0 atom stereocenters. The topological polar surface area (TPSA) is 75.5 Å². The Morgan fingerprint density at radius 3 is 2.57 bits per heavy atom. The molecule has 0 spiro atoms. The third kappa shape index (κ3) is 2.48. The summed E-state index contributed by atoms with van der Waals surface area (Å²) in [5.74, 6) is 1.43. The summed E-state index contributed by atoms with van der Waals surface area (Å²) in [6.45, 7) is 6.26. The Hall–Kier alpha value is -3.29. The minimum Gasteiger partial charge on any atom is -0.495 e. The maximum absolute atomic E-state index is 13.1. The van der Waals surface area contributed by atoms with Crippen molar-refractivity contribution in [2.75, 3.05) is 7.11 Å². The summed E-state index contributed by atoms with van der Waals surface area (Å²) < 4.78 is 11.9. The fraction of sp³-hybridized carbons (Fsp3) is 0.350. The van der Waals surface area contributed by atoms with Gasteiger partial charge in [0.2, 0.25) is 5.78 Å². The molecule has 0 aliphatic rings. The van der Waals surface area contributed by atoms with E-state index in [1.165, 1.54) is 9.13 Å². The molecule has 8 nitrogen and oxygen atoms in total. The largest absolute Gasteiger partial charge is 0.495 e. The first-order chi connectivity index (χ1) is 13.3. The van der Waals surface area contributed by atoms with Crippen LogP contribution in [0.4, 0.5) is 0 Å². The molecule has 4 aromatic rings. The fourth-order valence-corrected chi connectivity index (χ4v) is 3.65. The molecule has 0 fully saturated rings. The highest BCUT2D eigenvalue weighted by atomic mass is 16.5. The number of benzene rings is 1. The summed E-state index contributed by atoms with van der Waals surface area (Å²) in [5, 5.41) is 0. The van der Waals surface area contributed by atoms with Crippen LogP contribution in [-0.4, -0.2) is 30.2 Å². The maximum atomic E-state index is 13.1. The smallest absolute Gasteiger partial charge is 0.332 e. The van der Waals surface area contributed by atoms with Crippen LogP contribution in [0, 0.1) is 12.8 Å². The summed E-state index contributed by atoms with van der Waals surface area (Å²) in [5.41, 5.74) is 1.81. The third-order valence-electron chi connectivity index (χ3n) is 4.90.